The Bertz CT molecular complexity index is 1040. The van der Waals surface area contributed by atoms with Gasteiger partial charge in [-0.15, -0.1) is 0 Å². The normalized spacial score (nSPS) is 43.5. The summed E-state index contributed by atoms with van der Waals surface area (Å²) in [6.45, 7) is 10.2. The van der Waals surface area contributed by atoms with E-state index in [9.17, 15) is 15.0 Å². The molecule has 0 radical (unpaired) electrons. The maximum atomic E-state index is 13.2. The van der Waals surface area contributed by atoms with Gasteiger partial charge in [0.1, 0.15) is 0 Å². The van der Waals surface area contributed by atoms with Crippen molar-refractivity contribution >= 4 is 11.6 Å². The number of carbonyl (C=O) groups is 1. The molecule has 4 fully saturated rings. The van der Waals surface area contributed by atoms with Crippen LogP contribution in [0.4, 0.5) is 5.69 Å². The summed E-state index contributed by atoms with van der Waals surface area (Å²) in [4.78, 5) is 19.9. The Morgan fingerprint density at radius 2 is 1.84 bits per heavy atom. The molecule has 1 aromatic heterocycles. The molecule has 1 amide bonds. The van der Waals surface area contributed by atoms with Crippen molar-refractivity contribution in [2.24, 2.45) is 46.3 Å². The molecular formula is C32H48N2O3. The van der Waals surface area contributed by atoms with Gasteiger partial charge >= 0.3 is 0 Å². The zero-order valence-electron chi connectivity index (χ0n) is 23.5. The van der Waals surface area contributed by atoms with Gasteiger partial charge in [-0.2, -0.15) is 0 Å². The van der Waals surface area contributed by atoms with E-state index in [1.807, 2.05) is 17.9 Å². The van der Waals surface area contributed by atoms with E-state index in [1.165, 1.54) is 25.7 Å². The third-order valence-corrected chi connectivity index (χ3v) is 12.5. The van der Waals surface area contributed by atoms with Crippen LogP contribution in [0.2, 0.25) is 0 Å². The predicted octanol–water partition coefficient (Wildman–Crippen LogP) is 5.69. The molecule has 37 heavy (non-hydrogen) atoms. The minimum atomic E-state index is -0.221. The van der Waals surface area contributed by atoms with Crippen LogP contribution in [0.1, 0.15) is 96.4 Å². The van der Waals surface area contributed by atoms with Gasteiger partial charge in [-0.05, 0) is 123 Å². The fourth-order valence-corrected chi connectivity index (χ4v) is 10.5. The number of amides is 1. The average molecular weight is 509 g/mol. The van der Waals surface area contributed by atoms with E-state index in [0.717, 1.165) is 62.1 Å². The van der Waals surface area contributed by atoms with Crippen LogP contribution in [-0.2, 0) is 11.2 Å². The van der Waals surface area contributed by atoms with Gasteiger partial charge in [-0.3, -0.25) is 9.78 Å². The number of hydrogen-bond donors (Lipinski definition) is 2. The molecule has 0 spiro atoms. The summed E-state index contributed by atoms with van der Waals surface area (Å²) in [7, 11) is 0. The number of fused-ring (bicyclic) bond motifs is 6. The van der Waals surface area contributed by atoms with Crippen LogP contribution >= 0.6 is 0 Å². The monoisotopic (exact) mass is 508 g/mol. The van der Waals surface area contributed by atoms with Crippen molar-refractivity contribution in [2.75, 3.05) is 11.4 Å². The smallest absolute Gasteiger partial charge is 0.227 e. The minimum absolute atomic E-state index is 0.176. The van der Waals surface area contributed by atoms with E-state index >= 15 is 0 Å². The number of aliphatic hydroxyl groups excluding tert-OH is 2. The molecule has 5 heteroatoms. The first kappa shape index (κ1) is 25.8. The summed E-state index contributed by atoms with van der Waals surface area (Å²) in [6, 6.07) is 4.08. The van der Waals surface area contributed by atoms with Crippen molar-refractivity contribution in [1.29, 1.82) is 0 Å². The van der Waals surface area contributed by atoms with E-state index in [0.29, 0.717) is 41.9 Å². The first-order valence-electron chi connectivity index (χ1n) is 15.2. The first-order chi connectivity index (χ1) is 17.6. The van der Waals surface area contributed by atoms with Crippen molar-refractivity contribution in [3.63, 3.8) is 0 Å². The van der Waals surface area contributed by atoms with Crippen LogP contribution in [0, 0.1) is 53.3 Å². The molecule has 4 aliphatic carbocycles. The lowest BCUT2D eigenvalue weighted by Crippen LogP contribution is -2.58. The van der Waals surface area contributed by atoms with E-state index < -0.39 is 0 Å². The Kier molecular flexibility index (Phi) is 6.50. The van der Waals surface area contributed by atoms with Gasteiger partial charge in [-0.1, -0.05) is 20.8 Å². The van der Waals surface area contributed by atoms with Crippen molar-refractivity contribution in [3.05, 3.63) is 23.5 Å². The third kappa shape index (κ3) is 4.09. The highest BCUT2D eigenvalue weighted by Crippen LogP contribution is 2.68. The second-order valence-corrected chi connectivity index (χ2v) is 14.2. The van der Waals surface area contributed by atoms with Crippen LogP contribution in [0.5, 0.6) is 0 Å². The highest BCUT2D eigenvalue weighted by molar-refractivity contribution is 5.95. The van der Waals surface area contributed by atoms with Crippen LogP contribution in [-0.4, -0.2) is 39.9 Å². The number of carbonyl (C=O) groups excluding carboxylic acids is 1. The molecule has 0 bridgehead atoms. The number of anilines is 1. The number of aromatic nitrogens is 1. The summed E-state index contributed by atoms with van der Waals surface area (Å²) in [6.07, 6.45) is 10.8. The van der Waals surface area contributed by atoms with Crippen molar-refractivity contribution in [2.45, 2.75) is 111 Å². The Hall–Kier alpha value is -1.46. The third-order valence-electron chi connectivity index (χ3n) is 12.5. The van der Waals surface area contributed by atoms with E-state index in [-0.39, 0.29) is 28.9 Å². The van der Waals surface area contributed by atoms with Gasteiger partial charge in [0.25, 0.3) is 0 Å². The second-order valence-electron chi connectivity index (χ2n) is 14.2. The van der Waals surface area contributed by atoms with Crippen LogP contribution in [0.25, 0.3) is 0 Å². The number of rotatable bonds is 4. The lowest BCUT2D eigenvalue weighted by molar-refractivity contribution is -0.174. The maximum absolute atomic E-state index is 13.2. The SMILES string of the molecule is Cc1ccc2c(n1)CCN2C(=O)CC[C@@H](C)[C@H]1CC[C@H]2[C@@H]3[C@H](O)C[C@@H]4C[C@H](O)CC[C@]4(C)[C@H]3CC[C@]12C. The molecule has 1 aliphatic heterocycles. The molecule has 2 heterocycles. The van der Waals surface area contributed by atoms with Gasteiger partial charge in [-0.25, -0.2) is 0 Å². The Morgan fingerprint density at radius 3 is 2.65 bits per heavy atom. The quantitative estimate of drug-likeness (QED) is 0.548. The molecule has 0 unspecified atom stereocenters. The van der Waals surface area contributed by atoms with Crippen LogP contribution < -0.4 is 4.90 Å². The van der Waals surface area contributed by atoms with Gasteiger partial charge in [0.2, 0.25) is 5.91 Å². The van der Waals surface area contributed by atoms with Crippen LogP contribution in [0.3, 0.4) is 0 Å². The van der Waals surface area contributed by atoms with Crippen molar-refractivity contribution < 1.29 is 15.0 Å². The van der Waals surface area contributed by atoms with E-state index in [2.05, 4.69) is 31.8 Å². The zero-order valence-corrected chi connectivity index (χ0v) is 23.5. The Labute approximate surface area is 223 Å². The largest absolute Gasteiger partial charge is 0.393 e. The molecule has 204 valence electrons. The molecule has 4 saturated carbocycles. The van der Waals surface area contributed by atoms with Gasteiger partial charge < -0.3 is 15.1 Å². The molecule has 0 saturated heterocycles. The summed E-state index contributed by atoms with van der Waals surface area (Å²) < 4.78 is 0. The fraction of sp³-hybridized carbons (Fsp3) is 0.812. The summed E-state index contributed by atoms with van der Waals surface area (Å²) >= 11 is 0. The second kappa shape index (κ2) is 9.33. The molecule has 5 aliphatic rings. The lowest BCUT2D eigenvalue weighted by Gasteiger charge is -2.62. The Balaban J connectivity index is 1.13. The average Bonchev–Trinajstić information content (AvgIpc) is 3.44. The fourth-order valence-electron chi connectivity index (χ4n) is 10.5. The highest BCUT2D eigenvalue weighted by Gasteiger charge is 2.62. The summed E-state index contributed by atoms with van der Waals surface area (Å²) in [5.41, 5.74) is 3.65. The van der Waals surface area contributed by atoms with Gasteiger partial charge in [0, 0.05) is 25.1 Å². The Morgan fingerprint density at radius 1 is 1.08 bits per heavy atom. The standard InChI is InChI=1S/C32H48N2O3/c1-19(5-10-29(37)34-16-13-26-27(34)9-6-20(2)33-26)23-7-8-24-30-25(12-15-32(23,24)4)31(3)14-11-22(35)17-21(31)18-28(30)36/h6,9,19,21-25,28,30,35-36H,5,7-8,10-18H2,1-4H3/t19-,21+,22-,23-,24+,25+,28-,30+,31+,32-/m1/s1. The zero-order chi connectivity index (χ0) is 26.1. The molecule has 0 aromatic carbocycles. The topological polar surface area (TPSA) is 73.7 Å². The van der Waals surface area contributed by atoms with E-state index in [1.54, 1.807) is 0 Å². The van der Waals surface area contributed by atoms with Gasteiger partial charge in [0.05, 0.1) is 23.6 Å². The number of pyridine rings is 1. The maximum Gasteiger partial charge on any atom is 0.227 e. The molecule has 10 atom stereocenters. The summed E-state index contributed by atoms with van der Waals surface area (Å²) in [5, 5.41) is 21.8. The molecular weight excluding hydrogens is 460 g/mol. The van der Waals surface area contributed by atoms with Crippen molar-refractivity contribution in [1.82, 2.24) is 4.98 Å². The minimum Gasteiger partial charge on any atom is -0.393 e. The highest BCUT2D eigenvalue weighted by atomic mass is 16.3. The molecule has 6 rings (SSSR count). The number of hydrogen-bond acceptors (Lipinski definition) is 4. The van der Waals surface area contributed by atoms with E-state index in [4.69, 9.17) is 0 Å². The number of nitrogens with zero attached hydrogens (tertiary/aromatic N) is 2. The molecule has 5 nitrogen and oxygen atoms in total. The summed E-state index contributed by atoms with van der Waals surface area (Å²) in [5.74, 6) is 3.46. The van der Waals surface area contributed by atoms with Crippen LogP contribution in [0.15, 0.2) is 12.1 Å². The molecule has 2 N–H and O–H groups in total. The number of aliphatic hydroxyl groups is 2. The lowest BCUT2D eigenvalue weighted by atomic mass is 9.43. The first-order valence-corrected chi connectivity index (χ1v) is 15.2. The predicted molar refractivity (Wildman–Crippen MR) is 146 cm³/mol. The molecule has 1 aromatic rings. The van der Waals surface area contributed by atoms with Gasteiger partial charge in [0.15, 0.2) is 0 Å². The van der Waals surface area contributed by atoms with Crippen molar-refractivity contribution in [3.8, 4) is 0 Å². The number of aryl methyl sites for hydroxylation is 1.